The van der Waals surface area contributed by atoms with E-state index in [2.05, 4.69) is 10.3 Å². The van der Waals surface area contributed by atoms with Crippen molar-refractivity contribution < 1.29 is 18.7 Å². The molecular weight excluding hydrogens is 391 g/mol. The first-order valence-electron chi connectivity index (χ1n) is 8.89. The fraction of sp³-hybridized carbons (Fsp3) is 0.136. The molecule has 3 rings (SSSR count). The highest BCUT2D eigenvalue weighted by atomic mass is 32.1. The quantitative estimate of drug-likeness (QED) is 0.459. The number of ether oxygens (including phenoxy) is 1. The van der Waals surface area contributed by atoms with Gasteiger partial charge in [0.05, 0.1) is 12.1 Å². The molecule has 1 amide bonds. The molecule has 0 aliphatic heterocycles. The van der Waals surface area contributed by atoms with Crippen molar-refractivity contribution in [3.63, 3.8) is 0 Å². The van der Waals surface area contributed by atoms with Crippen LogP contribution in [-0.2, 0) is 27.4 Å². The lowest BCUT2D eigenvalue weighted by atomic mass is 10.2. The highest BCUT2D eigenvalue weighted by Gasteiger charge is 2.10. The fourth-order valence-corrected chi connectivity index (χ4v) is 3.25. The number of hydrogen-bond acceptors (Lipinski definition) is 5. The van der Waals surface area contributed by atoms with E-state index in [9.17, 15) is 14.0 Å². The minimum Gasteiger partial charge on any atom is -0.456 e. The Balaban J connectivity index is 1.47. The second kappa shape index (κ2) is 9.75. The minimum atomic E-state index is -0.527. The Morgan fingerprint density at radius 3 is 2.69 bits per heavy atom. The van der Waals surface area contributed by atoms with Gasteiger partial charge in [-0.2, -0.15) is 0 Å². The number of esters is 1. The highest BCUT2D eigenvalue weighted by molar-refractivity contribution is 7.09. The van der Waals surface area contributed by atoms with E-state index in [4.69, 9.17) is 4.74 Å². The second-order valence-corrected chi connectivity index (χ2v) is 7.21. The number of para-hydroxylation sites is 1. The van der Waals surface area contributed by atoms with E-state index in [1.54, 1.807) is 23.6 Å². The van der Waals surface area contributed by atoms with E-state index < -0.39 is 5.97 Å². The molecule has 0 unspecified atom stereocenters. The van der Waals surface area contributed by atoms with Crippen LogP contribution in [0, 0.1) is 12.7 Å². The predicted molar refractivity (Wildman–Crippen MR) is 111 cm³/mol. The lowest BCUT2D eigenvalue weighted by molar-refractivity contribution is -0.139. The number of halogens is 1. The van der Waals surface area contributed by atoms with Crippen molar-refractivity contribution in [2.75, 3.05) is 5.32 Å². The summed E-state index contributed by atoms with van der Waals surface area (Å²) >= 11 is 1.34. The van der Waals surface area contributed by atoms with Crippen molar-refractivity contribution in [1.82, 2.24) is 4.98 Å². The predicted octanol–water partition coefficient (Wildman–Crippen LogP) is 4.53. The topological polar surface area (TPSA) is 68.3 Å². The first-order chi connectivity index (χ1) is 14.0. The molecule has 0 saturated heterocycles. The summed E-state index contributed by atoms with van der Waals surface area (Å²) in [5.74, 6) is -1.02. The number of amides is 1. The molecule has 1 N–H and O–H groups in total. The summed E-state index contributed by atoms with van der Waals surface area (Å²) in [5.41, 5.74) is 3.04. The molecule has 5 nitrogen and oxygen atoms in total. The number of nitrogens with one attached hydrogen (secondary N) is 1. The van der Waals surface area contributed by atoms with Crippen LogP contribution in [0.5, 0.6) is 0 Å². The average molecular weight is 410 g/mol. The van der Waals surface area contributed by atoms with Gasteiger partial charge in [0.1, 0.15) is 17.4 Å². The summed E-state index contributed by atoms with van der Waals surface area (Å²) < 4.78 is 18.0. The number of carbonyl (C=O) groups excluding carboxylic acids is 2. The van der Waals surface area contributed by atoms with Gasteiger partial charge in [0.15, 0.2) is 0 Å². The number of thiazole rings is 1. The number of aryl methyl sites for hydroxylation is 1. The molecule has 2 aromatic carbocycles. The van der Waals surface area contributed by atoms with Crippen LogP contribution in [0.25, 0.3) is 6.08 Å². The Morgan fingerprint density at radius 2 is 1.93 bits per heavy atom. The van der Waals surface area contributed by atoms with Crippen molar-refractivity contribution >= 4 is 35.0 Å². The summed E-state index contributed by atoms with van der Waals surface area (Å²) in [7, 11) is 0. The molecule has 148 valence electrons. The number of anilines is 1. The third-order valence-electron chi connectivity index (χ3n) is 3.97. The van der Waals surface area contributed by atoms with Crippen LogP contribution in [0.15, 0.2) is 60.0 Å². The van der Waals surface area contributed by atoms with E-state index in [0.717, 1.165) is 11.3 Å². The molecule has 3 aromatic rings. The van der Waals surface area contributed by atoms with E-state index in [0.29, 0.717) is 16.3 Å². The highest BCUT2D eigenvalue weighted by Crippen LogP contribution is 2.16. The summed E-state index contributed by atoms with van der Waals surface area (Å²) in [5, 5.41) is 5.26. The van der Waals surface area contributed by atoms with Crippen LogP contribution < -0.4 is 5.32 Å². The Bertz CT molecular complexity index is 1030. The van der Waals surface area contributed by atoms with Gasteiger partial charge >= 0.3 is 5.97 Å². The van der Waals surface area contributed by atoms with Gasteiger partial charge in [0.25, 0.3) is 0 Å². The van der Waals surface area contributed by atoms with Crippen LogP contribution in [0.1, 0.15) is 21.8 Å². The van der Waals surface area contributed by atoms with Gasteiger partial charge < -0.3 is 10.1 Å². The van der Waals surface area contributed by atoms with E-state index in [1.165, 1.54) is 29.5 Å². The zero-order chi connectivity index (χ0) is 20.6. The van der Waals surface area contributed by atoms with Gasteiger partial charge in [0, 0.05) is 17.1 Å². The maximum Gasteiger partial charge on any atom is 0.331 e. The molecule has 0 saturated carbocycles. The summed E-state index contributed by atoms with van der Waals surface area (Å²) in [6.07, 6.45) is 2.97. The second-order valence-electron chi connectivity index (χ2n) is 6.27. The molecule has 0 aliphatic rings. The molecule has 0 spiro atoms. The Kier molecular flexibility index (Phi) is 6.86. The maximum absolute atomic E-state index is 12.9. The fourth-order valence-electron chi connectivity index (χ4n) is 2.47. The van der Waals surface area contributed by atoms with Gasteiger partial charge in [-0.3, -0.25) is 4.79 Å². The number of nitrogens with zero attached hydrogens (tertiary/aromatic N) is 1. The monoisotopic (exact) mass is 410 g/mol. The largest absolute Gasteiger partial charge is 0.456 e. The summed E-state index contributed by atoms with van der Waals surface area (Å²) in [6.45, 7) is 1.94. The Morgan fingerprint density at radius 1 is 1.17 bits per heavy atom. The van der Waals surface area contributed by atoms with E-state index in [-0.39, 0.29) is 24.8 Å². The zero-order valence-electron chi connectivity index (χ0n) is 15.7. The number of aromatic nitrogens is 1. The lowest BCUT2D eigenvalue weighted by Gasteiger charge is -2.06. The average Bonchev–Trinajstić information content (AvgIpc) is 3.15. The molecule has 0 bridgehead atoms. The van der Waals surface area contributed by atoms with Crippen molar-refractivity contribution in [3.8, 4) is 0 Å². The van der Waals surface area contributed by atoms with Crippen LogP contribution in [0.2, 0.25) is 0 Å². The lowest BCUT2D eigenvalue weighted by Crippen LogP contribution is -2.15. The molecule has 0 atom stereocenters. The van der Waals surface area contributed by atoms with Gasteiger partial charge in [-0.05, 0) is 42.3 Å². The first-order valence-corrected chi connectivity index (χ1v) is 9.77. The van der Waals surface area contributed by atoms with Gasteiger partial charge in [-0.25, -0.2) is 14.2 Å². The first kappa shape index (κ1) is 20.4. The summed E-state index contributed by atoms with van der Waals surface area (Å²) in [4.78, 5) is 28.3. The molecule has 29 heavy (non-hydrogen) atoms. The summed E-state index contributed by atoms with van der Waals surface area (Å²) in [6, 6.07) is 13.3. The molecule has 1 aromatic heterocycles. The SMILES string of the molecule is Cc1ccccc1NC(=O)Cc1nc(COC(=O)/C=C/c2ccc(F)cc2)cs1. The molecule has 0 fully saturated rings. The van der Waals surface area contributed by atoms with Crippen molar-refractivity contribution in [2.24, 2.45) is 0 Å². The van der Waals surface area contributed by atoms with Crippen LogP contribution in [0.4, 0.5) is 10.1 Å². The normalized spacial score (nSPS) is 10.8. The van der Waals surface area contributed by atoms with Crippen molar-refractivity contribution in [1.29, 1.82) is 0 Å². The molecule has 7 heteroatoms. The van der Waals surface area contributed by atoms with E-state index in [1.807, 2.05) is 31.2 Å². The van der Waals surface area contributed by atoms with Gasteiger partial charge in [-0.15, -0.1) is 11.3 Å². The smallest absolute Gasteiger partial charge is 0.331 e. The minimum absolute atomic E-state index is 0.0164. The van der Waals surface area contributed by atoms with Crippen LogP contribution >= 0.6 is 11.3 Å². The molecule has 1 heterocycles. The third kappa shape index (κ3) is 6.36. The van der Waals surface area contributed by atoms with Crippen molar-refractivity contribution in [3.05, 3.63) is 87.6 Å². The maximum atomic E-state index is 12.9. The molecule has 0 aliphatic carbocycles. The number of hydrogen-bond donors (Lipinski definition) is 1. The molecule has 0 radical (unpaired) electrons. The van der Waals surface area contributed by atoms with Gasteiger partial charge in [0.2, 0.25) is 5.91 Å². The van der Waals surface area contributed by atoms with Crippen LogP contribution in [-0.4, -0.2) is 16.9 Å². The molecular formula is C22H19FN2O3S. The van der Waals surface area contributed by atoms with Crippen molar-refractivity contribution in [2.45, 2.75) is 20.0 Å². The van der Waals surface area contributed by atoms with Crippen LogP contribution in [0.3, 0.4) is 0 Å². The third-order valence-corrected chi connectivity index (χ3v) is 4.87. The number of benzene rings is 2. The Hall–Kier alpha value is -3.32. The van der Waals surface area contributed by atoms with E-state index >= 15 is 0 Å². The Labute approximate surface area is 171 Å². The van der Waals surface area contributed by atoms with Gasteiger partial charge in [-0.1, -0.05) is 30.3 Å². The number of carbonyl (C=O) groups is 2. The zero-order valence-corrected chi connectivity index (χ0v) is 16.5. The number of rotatable bonds is 7. The standard InChI is InChI=1S/C22H19FN2O3S/c1-15-4-2-3-5-19(15)25-20(26)12-21-24-18(14-29-21)13-28-22(27)11-8-16-6-9-17(23)10-7-16/h2-11,14H,12-13H2,1H3,(H,25,26)/b11-8+.